The average Bonchev–Trinajstić information content (AvgIpc) is 2.56. The summed E-state index contributed by atoms with van der Waals surface area (Å²) < 4.78 is 1.11. The molecule has 0 unspecified atom stereocenters. The van der Waals surface area contributed by atoms with Gasteiger partial charge in [0.2, 0.25) is 0 Å². The zero-order valence-corrected chi connectivity index (χ0v) is 18.0. The van der Waals surface area contributed by atoms with Crippen LogP contribution in [0, 0.1) is 0 Å². The predicted molar refractivity (Wildman–Crippen MR) is 118 cm³/mol. The van der Waals surface area contributed by atoms with Crippen molar-refractivity contribution in [3.05, 3.63) is 64.4 Å². The third kappa shape index (κ3) is 5.41. The van der Waals surface area contributed by atoms with Crippen LogP contribution in [0.15, 0.2) is 58.1 Å². The second-order valence-electron chi connectivity index (χ2n) is 6.34. The van der Waals surface area contributed by atoms with Crippen LogP contribution in [-0.2, 0) is 11.8 Å². The van der Waals surface area contributed by atoms with Crippen LogP contribution in [0.4, 0.5) is 0 Å². The molecule has 4 nitrogen and oxygen atoms in total. The van der Waals surface area contributed by atoms with Gasteiger partial charge in [-0.2, -0.15) is 0 Å². The summed E-state index contributed by atoms with van der Waals surface area (Å²) in [4.78, 5) is 8.90. The van der Waals surface area contributed by atoms with Crippen LogP contribution in [0.2, 0.25) is 0 Å². The second-order valence-corrected chi connectivity index (χ2v) is 7.26. The van der Waals surface area contributed by atoms with Crippen LogP contribution in [-0.4, -0.2) is 24.0 Å². The molecule has 1 heterocycles. The number of pyridine rings is 1. The molecule has 3 N–H and O–H groups in total. The Morgan fingerprint density at radius 1 is 1.20 bits per heavy atom. The molecular weight excluding hydrogens is 491 g/mol. The Labute approximate surface area is 174 Å². The van der Waals surface area contributed by atoms with Gasteiger partial charge in [0.25, 0.3) is 0 Å². The number of nitrogens with two attached hydrogens (primary N) is 1. The molecule has 134 valence electrons. The smallest absolute Gasteiger partial charge is 0.188 e. The van der Waals surface area contributed by atoms with E-state index >= 15 is 0 Å². The molecule has 0 atom stereocenters. The Morgan fingerprint density at radius 3 is 2.56 bits per heavy atom. The van der Waals surface area contributed by atoms with E-state index in [1.165, 1.54) is 24.8 Å². The molecule has 0 amide bonds. The first-order valence-electron chi connectivity index (χ1n) is 8.38. The number of guanidine groups is 1. The maximum atomic E-state index is 6.04. The molecule has 0 saturated heterocycles. The minimum absolute atomic E-state index is 0. The highest BCUT2D eigenvalue weighted by molar-refractivity contribution is 14.0. The lowest BCUT2D eigenvalue weighted by molar-refractivity contribution is 0.253. The first-order chi connectivity index (χ1) is 11.7. The first kappa shape index (κ1) is 20.2. The van der Waals surface area contributed by atoms with Gasteiger partial charge in [0, 0.05) is 34.7 Å². The number of rotatable bonds is 6. The lowest BCUT2D eigenvalue weighted by atomic mass is 9.64. The molecule has 1 aromatic heterocycles. The van der Waals surface area contributed by atoms with E-state index in [0.717, 1.165) is 29.7 Å². The van der Waals surface area contributed by atoms with E-state index in [1.807, 2.05) is 24.4 Å². The van der Waals surface area contributed by atoms with Crippen molar-refractivity contribution in [2.45, 2.75) is 31.1 Å². The van der Waals surface area contributed by atoms with Gasteiger partial charge in [0.15, 0.2) is 5.96 Å². The summed E-state index contributed by atoms with van der Waals surface area (Å²) in [6.07, 6.45) is 6.28. The Kier molecular flexibility index (Phi) is 7.68. The average molecular weight is 515 g/mol. The largest absolute Gasteiger partial charge is 0.370 e. The van der Waals surface area contributed by atoms with Gasteiger partial charge in [-0.25, -0.2) is 0 Å². The van der Waals surface area contributed by atoms with E-state index in [9.17, 15) is 0 Å². The van der Waals surface area contributed by atoms with E-state index in [-0.39, 0.29) is 29.4 Å². The van der Waals surface area contributed by atoms with Crippen LogP contribution >= 0.6 is 39.9 Å². The predicted octanol–water partition coefficient (Wildman–Crippen LogP) is 4.03. The normalized spacial score (nSPS) is 15.8. The summed E-state index contributed by atoms with van der Waals surface area (Å²) in [7, 11) is 0. The minimum Gasteiger partial charge on any atom is -0.370 e. The molecule has 1 aliphatic rings. The van der Waals surface area contributed by atoms with E-state index < -0.39 is 0 Å². The van der Waals surface area contributed by atoms with Gasteiger partial charge in [-0.1, -0.05) is 40.5 Å². The maximum Gasteiger partial charge on any atom is 0.188 e. The maximum absolute atomic E-state index is 6.04. The number of halogens is 2. The fourth-order valence-electron chi connectivity index (χ4n) is 3.10. The van der Waals surface area contributed by atoms with Crippen molar-refractivity contribution in [2.75, 3.05) is 13.1 Å². The molecule has 1 aromatic carbocycles. The Hall–Kier alpha value is -1.15. The molecule has 1 aliphatic carbocycles. The van der Waals surface area contributed by atoms with Crippen molar-refractivity contribution in [1.82, 2.24) is 10.3 Å². The van der Waals surface area contributed by atoms with Crippen molar-refractivity contribution >= 4 is 45.9 Å². The quantitative estimate of drug-likeness (QED) is 0.347. The van der Waals surface area contributed by atoms with Gasteiger partial charge in [-0.15, -0.1) is 24.0 Å². The Morgan fingerprint density at radius 2 is 1.96 bits per heavy atom. The van der Waals surface area contributed by atoms with Crippen LogP contribution < -0.4 is 11.1 Å². The molecule has 0 aliphatic heterocycles. The van der Waals surface area contributed by atoms with Crippen molar-refractivity contribution < 1.29 is 0 Å². The standard InChI is InChI=1S/C19H23BrN4.HI/c20-16-7-5-15(6-8-16)19(10-3-11-19)14-24-18(21)23-13-9-17-4-1-2-12-22-17;/h1-2,4-8,12H,3,9-11,13-14H2,(H3,21,23,24);1H. The van der Waals surface area contributed by atoms with E-state index in [1.54, 1.807) is 0 Å². The summed E-state index contributed by atoms with van der Waals surface area (Å²) >= 11 is 3.50. The van der Waals surface area contributed by atoms with Crippen LogP contribution in [0.1, 0.15) is 30.5 Å². The molecule has 1 fully saturated rings. The van der Waals surface area contributed by atoms with Crippen LogP contribution in [0.5, 0.6) is 0 Å². The molecule has 0 spiro atoms. The summed E-state index contributed by atoms with van der Waals surface area (Å²) in [5.41, 5.74) is 8.62. The number of nitrogens with one attached hydrogen (secondary N) is 1. The molecule has 2 aromatic rings. The monoisotopic (exact) mass is 514 g/mol. The van der Waals surface area contributed by atoms with Gasteiger partial charge in [0.1, 0.15) is 0 Å². The van der Waals surface area contributed by atoms with E-state index in [0.29, 0.717) is 5.96 Å². The van der Waals surface area contributed by atoms with Gasteiger partial charge < -0.3 is 11.1 Å². The van der Waals surface area contributed by atoms with Gasteiger partial charge in [-0.05, 0) is 42.7 Å². The highest BCUT2D eigenvalue weighted by atomic mass is 127. The highest BCUT2D eigenvalue weighted by Crippen LogP contribution is 2.44. The summed E-state index contributed by atoms with van der Waals surface area (Å²) in [6, 6.07) is 14.5. The molecule has 3 rings (SSSR count). The van der Waals surface area contributed by atoms with Crippen molar-refractivity contribution in [3.8, 4) is 0 Å². The fraction of sp³-hybridized carbons (Fsp3) is 0.368. The number of hydrogen-bond donors (Lipinski definition) is 2. The van der Waals surface area contributed by atoms with Crippen molar-refractivity contribution in [3.63, 3.8) is 0 Å². The Bertz CT molecular complexity index is 684. The molecule has 0 radical (unpaired) electrons. The van der Waals surface area contributed by atoms with Crippen molar-refractivity contribution in [1.29, 1.82) is 0 Å². The van der Waals surface area contributed by atoms with Crippen molar-refractivity contribution in [2.24, 2.45) is 10.7 Å². The number of aliphatic imine (C=N–C) groups is 1. The number of aromatic nitrogens is 1. The summed E-state index contributed by atoms with van der Waals surface area (Å²) in [5, 5.41) is 3.19. The van der Waals surface area contributed by atoms with E-state index in [2.05, 4.69) is 55.5 Å². The van der Waals surface area contributed by atoms with Gasteiger partial charge >= 0.3 is 0 Å². The molecule has 1 saturated carbocycles. The number of hydrogen-bond acceptors (Lipinski definition) is 2. The Balaban J connectivity index is 0.00000225. The summed E-state index contributed by atoms with van der Waals surface area (Å²) in [6.45, 7) is 1.49. The highest BCUT2D eigenvalue weighted by Gasteiger charge is 2.38. The van der Waals surface area contributed by atoms with Gasteiger partial charge in [0.05, 0.1) is 6.54 Å². The number of benzene rings is 1. The molecule has 0 bridgehead atoms. The third-order valence-corrected chi connectivity index (χ3v) is 5.26. The topological polar surface area (TPSA) is 63.3 Å². The zero-order chi connectivity index (χ0) is 16.8. The first-order valence-corrected chi connectivity index (χ1v) is 9.17. The lowest BCUT2D eigenvalue weighted by Gasteiger charge is -2.41. The van der Waals surface area contributed by atoms with Crippen LogP contribution in [0.25, 0.3) is 0 Å². The third-order valence-electron chi connectivity index (χ3n) is 4.73. The van der Waals surface area contributed by atoms with Crippen LogP contribution in [0.3, 0.4) is 0 Å². The molecule has 6 heteroatoms. The molecule has 25 heavy (non-hydrogen) atoms. The lowest BCUT2D eigenvalue weighted by Crippen LogP contribution is -2.40. The zero-order valence-electron chi connectivity index (χ0n) is 14.1. The van der Waals surface area contributed by atoms with E-state index in [4.69, 9.17) is 5.73 Å². The second kappa shape index (κ2) is 9.52. The SMILES string of the molecule is I.NC(=NCC1(c2ccc(Br)cc2)CCC1)NCCc1ccccn1. The minimum atomic E-state index is 0. The number of nitrogens with zero attached hydrogens (tertiary/aromatic N) is 2. The fourth-order valence-corrected chi connectivity index (χ4v) is 3.37. The van der Waals surface area contributed by atoms with Gasteiger partial charge in [-0.3, -0.25) is 9.98 Å². The molecular formula is C19H24BrIN4. The summed E-state index contributed by atoms with van der Waals surface area (Å²) in [5.74, 6) is 0.523.